The maximum absolute atomic E-state index is 14.1. The molecule has 0 amide bonds. The standard InChI is InChI=1S/C23H23ClF2N4O2/c1-29(21-9-4-16(25)11-19(21)26)17-5-7-18(8-6-17)30-23(31)22(24)20(13-28-30)27-12-15-3-2-10-32-14-15/h4-9,11,13,15,27H,2-3,10,12,14H2,1H3/t15-/m1/s1. The van der Waals surface area contributed by atoms with E-state index in [2.05, 4.69) is 10.4 Å². The molecule has 1 aliphatic rings. The Balaban J connectivity index is 1.51. The third-order valence-electron chi connectivity index (χ3n) is 5.51. The summed E-state index contributed by atoms with van der Waals surface area (Å²) in [6.45, 7) is 2.14. The molecule has 1 saturated heterocycles. The van der Waals surface area contributed by atoms with E-state index in [4.69, 9.17) is 16.3 Å². The van der Waals surface area contributed by atoms with E-state index in [1.54, 1.807) is 36.2 Å². The van der Waals surface area contributed by atoms with Gasteiger partial charge in [-0.05, 0) is 55.2 Å². The molecule has 1 aromatic heterocycles. The monoisotopic (exact) mass is 460 g/mol. The fourth-order valence-corrected chi connectivity index (χ4v) is 3.87. The van der Waals surface area contributed by atoms with Crippen molar-refractivity contribution < 1.29 is 13.5 Å². The summed E-state index contributed by atoms with van der Waals surface area (Å²) in [4.78, 5) is 14.4. The van der Waals surface area contributed by atoms with E-state index in [9.17, 15) is 13.6 Å². The number of hydrogen-bond donors (Lipinski definition) is 1. The van der Waals surface area contributed by atoms with Crippen LogP contribution < -0.4 is 15.8 Å². The predicted octanol–water partition coefficient (Wildman–Crippen LogP) is 4.77. The number of aromatic nitrogens is 2. The zero-order valence-corrected chi connectivity index (χ0v) is 18.3. The van der Waals surface area contributed by atoms with Gasteiger partial charge in [0.25, 0.3) is 5.56 Å². The van der Waals surface area contributed by atoms with Crippen molar-refractivity contribution in [3.8, 4) is 5.69 Å². The first-order valence-corrected chi connectivity index (χ1v) is 10.7. The van der Waals surface area contributed by atoms with Crippen molar-refractivity contribution in [2.24, 2.45) is 5.92 Å². The molecule has 1 atom stereocenters. The number of halogens is 3. The number of benzene rings is 2. The van der Waals surface area contributed by atoms with Gasteiger partial charge in [-0.25, -0.2) is 8.78 Å². The highest BCUT2D eigenvalue weighted by Gasteiger charge is 2.16. The van der Waals surface area contributed by atoms with Crippen LogP contribution in [-0.4, -0.2) is 36.6 Å². The van der Waals surface area contributed by atoms with Gasteiger partial charge in [0.2, 0.25) is 0 Å². The van der Waals surface area contributed by atoms with Crippen LogP contribution in [0.3, 0.4) is 0 Å². The fraction of sp³-hybridized carbons (Fsp3) is 0.304. The van der Waals surface area contributed by atoms with Crippen molar-refractivity contribution in [2.45, 2.75) is 12.8 Å². The molecule has 1 aliphatic heterocycles. The van der Waals surface area contributed by atoms with E-state index in [1.807, 2.05) is 0 Å². The largest absolute Gasteiger partial charge is 0.382 e. The molecule has 2 aromatic carbocycles. The minimum Gasteiger partial charge on any atom is -0.382 e. The van der Waals surface area contributed by atoms with E-state index >= 15 is 0 Å². The molecule has 1 N–H and O–H groups in total. The van der Waals surface area contributed by atoms with Crippen molar-refractivity contribution in [1.29, 1.82) is 0 Å². The van der Waals surface area contributed by atoms with Gasteiger partial charge in [-0.1, -0.05) is 11.6 Å². The molecule has 0 bridgehead atoms. The van der Waals surface area contributed by atoms with Gasteiger partial charge in [0.15, 0.2) is 0 Å². The average Bonchev–Trinajstić information content (AvgIpc) is 2.80. The summed E-state index contributed by atoms with van der Waals surface area (Å²) in [7, 11) is 1.67. The molecule has 6 nitrogen and oxygen atoms in total. The Hall–Kier alpha value is -2.97. The SMILES string of the molecule is CN(c1ccc(-n2ncc(NC[C@H]3CCCOC3)c(Cl)c2=O)cc1)c1ccc(F)cc1F. The quantitative estimate of drug-likeness (QED) is 0.574. The highest BCUT2D eigenvalue weighted by atomic mass is 35.5. The van der Waals surface area contributed by atoms with Crippen LogP contribution in [0, 0.1) is 17.6 Å². The van der Waals surface area contributed by atoms with E-state index in [0.29, 0.717) is 36.1 Å². The molecular formula is C23H23ClF2N4O2. The van der Waals surface area contributed by atoms with Crippen LogP contribution in [0.4, 0.5) is 25.8 Å². The summed E-state index contributed by atoms with van der Waals surface area (Å²) >= 11 is 6.31. The molecule has 1 fully saturated rings. The first-order chi connectivity index (χ1) is 15.4. The summed E-state index contributed by atoms with van der Waals surface area (Å²) < 4.78 is 33.9. The van der Waals surface area contributed by atoms with Gasteiger partial charge in [-0.15, -0.1) is 0 Å². The molecule has 0 saturated carbocycles. The summed E-state index contributed by atoms with van der Waals surface area (Å²) in [5.74, 6) is -0.927. The maximum Gasteiger partial charge on any atom is 0.292 e. The topological polar surface area (TPSA) is 59.4 Å². The molecule has 4 rings (SSSR count). The Labute approximate surface area is 189 Å². The Morgan fingerprint density at radius 1 is 1.25 bits per heavy atom. The highest BCUT2D eigenvalue weighted by molar-refractivity contribution is 6.32. The van der Waals surface area contributed by atoms with Crippen LogP contribution in [0.2, 0.25) is 5.02 Å². The average molecular weight is 461 g/mol. The van der Waals surface area contributed by atoms with Crippen LogP contribution in [-0.2, 0) is 4.74 Å². The molecule has 0 unspecified atom stereocenters. The fourth-order valence-electron chi connectivity index (χ4n) is 3.67. The van der Waals surface area contributed by atoms with Crippen molar-refractivity contribution in [3.63, 3.8) is 0 Å². The van der Waals surface area contributed by atoms with Crippen LogP contribution in [0.15, 0.2) is 53.5 Å². The van der Waals surface area contributed by atoms with Crippen LogP contribution in [0.1, 0.15) is 12.8 Å². The zero-order valence-electron chi connectivity index (χ0n) is 17.5. The second-order valence-corrected chi connectivity index (χ2v) is 8.10. The van der Waals surface area contributed by atoms with Crippen molar-refractivity contribution >= 4 is 28.7 Å². The minimum atomic E-state index is -0.663. The molecule has 2 heterocycles. The van der Waals surface area contributed by atoms with Crippen molar-refractivity contribution in [2.75, 3.05) is 37.0 Å². The van der Waals surface area contributed by atoms with Gasteiger partial charge >= 0.3 is 0 Å². The number of hydrogen-bond acceptors (Lipinski definition) is 5. The molecular weight excluding hydrogens is 438 g/mol. The van der Waals surface area contributed by atoms with Crippen molar-refractivity contribution in [3.05, 3.63) is 75.7 Å². The van der Waals surface area contributed by atoms with Crippen LogP contribution >= 0.6 is 11.6 Å². The van der Waals surface area contributed by atoms with Gasteiger partial charge in [0.05, 0.1) is 29.9 Å². The van der Waals surface area contributed by atoms with Crippen LogP contribution in [0.25, 0.3) is 5.69 Å². The summed E-state index contributed by atoms with van der Waals surface area (Å²) in [5, 5.41) is 7.50. The molecule has 3 aromatic rings. The molecule has 32 heavy (non-hydrogen) atoms. The van der Waals surface area contributed by atoms with Gasteiger partial charge < -0.3 is 15.0 Å². The second kappa shape index (κ2) is 9.67. The normalized spacial score (nSPS) is 16.1. The lowest BCUT2D eigenvalue weighted by Crippen LogP contribution is -2.26. The lowest BCUT2D eigenvalue weighted by molar-refractivity contribution is 0.0595. The predicted molar refractivity (Wildman–Crippen MR) is 121 cm³/mol. The number of nitrogens with one attached hydrogen (secondary N) is 1. The summed E-state index contributed by atoms with van der Waals surface area (Å²) in [6, 6.07) is 10.2. The Kier molecular flexibility index (Phi) is 6.72. The van der Waals surface area contributed by atoms with E-state index in [-0.39, 0.29) is 10.7 Å². The Morgan fingerprint density at radius 2 is 2.03 bits per heavy atom. The molecule has 0 spiro atoms. The molecule has 9 heteroatoms. The first-order valence-electron chi connectivity index (χ1n) is 10.3. The number of anilines is 3. The highest BCUT2D eigenvalue weighted by Crippen LogP contribution is 2.27. The van der Waals surface area contributed by atoms with Gasteiger partial charge in [0, 0.05) is 32.0 Å². The van der Waals surface area contributed by atoms with Crippen LogP contribution in [0.5, 0.6) is 0 Å². The minimum absolute atomic E-state index is 0.0614. The van der Waals surface area contributed by atoms with E-state index in [0.717, 1.165) is 25.5 Å². The third kappa shape index (κ3) is 4.76. The first kappa shape index (κ1) is 22.2. The van der Waals surface area contributed by atoms with Gasteiger partial charge in [0.1, 0.15) is 16.7 Å². The van der Waals surface area contributed by atoms with E-state index in [1.165, 1.54) is 23.0 Å². The zero-order chi connectivity index (χ0) is 22.7. The summed E-state index contributed by atoms with van der Waals surface area (Å²) in [6.07, 6.45) is 3.62. The summed E-state index contributed by atoms with van der Waals surface area (Å²) in [5.41, 5.74) is 1.45. The van der Waals surface area contributed by atoms with Gasteiger partial charge in [-0.2, -0.15) is 9.78 Å². The number of rotatable bonds is 6. The molecule has 168 valence electrons. The smallest absolute Gasteiger partial charge is 0.292 e. The Morgan fingerprint density at radius 3 is 2.72 bits per heavy atom. The third-order valence-corrected chi connectivity index (χ3v) is 5.87. The lowest BCUT2D eigenvalue weighted by atomic mass is 10.0. The lowest BCUT2D eigenvalue weighted by Gasteiger charge is -2.23. The van der Waals surface area contributed by atoms with E-state index < -0.39 is 17.2 Å². The molecule has 0 radical (unpaired) electrons. The van der Waals surface area contributed by atoms with Crippen molar-refractivity contribution in [1.82, 2.24) is 9.78 Å². The maximum atomic E-state index is 14.1. The number of ether oxygens (including phenoxy) is 1. The Bertz CT molecular complexity index is 1150. The second-order valence-electron chi connectivity index (χ2n) is 7.72. The number of nitrogens with zero attached hydrogens (tertiary/aromatic N) is 3. The van der Waals surface area contributed by atoms with Gasteiger partial charge in [-0.3, -0.25) is 4.79 Å². The molecule has 0 aliphatic carbocycles.